The van der Waals surface area contributed by atoms with Crippen molar-refractivity contribution in [1.29, 1.82) is 0 Å². The maximum absolute atomic E-state index is 4.82. The standard InChI is InChI=1S/C14H20N4/c1-3-6-18-13-4-5-15-9-12(13)17-14(18)11-8-16-7-10(11)2/h4-5,9-11,16H,3,6-8H2,1-2H3. The van der Waals surface area contributed by atoms with Crippen LogP contribution < -0.4 is 5.32 Å². The van der Waals surface area contributed by atoms with Crippen molar-refractivity contribution in [1.82, 2.24) is 19.9 Å². The average Bonchev–Trinajstić information content (AvgIpc) is 2.94. The van der Waals surface area contributed by atoms with E-state index < -0.39 is 0 Å². The first kappa shape index (κ1) is 11.7. The molecule has 2 aromatic heterocycles. The quantitative estimate of drug-likeness (QED) is 0.899. The zero-order chi connectivity index (χ0) is 12.5. The third kappa shape index (κ3) is 1.81. The van der Waals surface area contributed by atoms with Crippen molar-refractivity contribution in [2.24, 2.45) is 5.92 Å². The van der Waals surface area contributed by atoms with Crippen LogP contribution in [-0.2, 0) is 6.54 Å². The van der Waals surface area contributed by atoms with Gasteiger partial charge in [-0.2, -0.15) is 0 Å². The maximum atomic E-state index is 4.82. The van der Waals surface area contributed by atoms with Crippen molar-refractivity contribution in [2.75, 3.05) is 13.1 Å². The fourth-order valence-electron chi connectivity index (χ4n) is 2.90. The highest BCUT2D eigenvalue weighted by Gasteiger charge is 2.29. The molecule has 0 radical (unpaired) electrons. The summed E-state index contributed by atoms with van der Waals surface area (Å²) in [4.78, 5) is 9.01. The van der Waals surface area contributed by atoms with Gasteiger partial charge in [0.25, 0.3) is 0 Å². The highest BCUT2D eigenvalue weighted by atomic mass is 15.1. The number of rotatable bonds is 3. The van der Waals surface area contributed by atoms with E-state index in [2.05, 4.69) is 34.8 Å². The molecule has 2 aromatic rings. The van der Waals surface area contributed by atoms with Gasteiger partial charge in [0.1, 0.15) is 11.3 Å². The Kier molecular flexibility index (Phi) is 3.04. The van der Waals surface area contributed by atoms with Crippen LogP contribution in [0, 0.1) is 5.92 Å². The Labute approximate surface area is 107 Å². The SMILES string of the molecule is CCCn1c(C2CNCC2C)nc2cnccc21. The number of aromatic nitrogens is 3. The number of pyridine rings is 1. The van der Waals surface area contributed by atoms with E-state index in [9.17, 15) is 0 Å². The van der Waals surface area contributed by atoms with E-state index in [4.69, 9.17) is 4.98 Å². The highest BCUT2D eigenvalue weighted by molar-refractivity contribution is 5.74. The van der Waals surface area contributed by atoms with E-state index in [0.717, 1.165) is 31.6 Å². The molecule has 96 valence electrons. The van der Waals surface area contributed by atoms with Gasteiger partial charge >= 0.3 is 0 Å². The van der Waals surface area contributed by atoms with Crippen LogP contribution in [0.15, 0.2) is 18.5 Å². The number of aryl methyl sites for hydroxylation is 1. The van der Waals surface area contributed by atoms with Crippen molar-refractivity contribution < 1.29 is 0 Å². The van der Waals surface area contributed by atoms with E-state index in [-0.39, 0.29) is 0 Å². The number of nitrogens with one attached hydrogen (secondary N) is 1. The van der Waals surface area contributed by atoms with Gasteiger partial charge in [-0.05, 0) is 24.9 Å². The molecule has 1 aliphatic heterocycles. The number of fused-ring (bicyclic) bond motifs is 1. The van der Waals surface area contributed by atoms with Crippen LogP contribution in [0.3, 0.4) is 0 Å². The Morgan fingerprint density at radius 3 is 3.06 bits per heavy atom. The molecule has 1 fully saturated rings. The summed E-state index contributed by atoms with van der Waals surface area (Å²) in [6.07, 6.45) is 4.86. The van der Waals surface area contributed by atoms with Crippen LogP contribution in [0.2, 0.25) is 0 Å². The molecule has 0 amide bonds. The summed E-state index contributed by atoms with van der Waals surface area (Å²) in [5, 5.41) is 3.47. The molecular formula is C14H20N4. The number of hydrogen-bond donors (Lipinski definition) is 1. The lowest BCUT2D eigenvalue weighted by atomic mass is 9.97. The second kappa shape index (κ2) is 4.69. The monoisotopic (exact) mass is 244 g/mol. The maximum Gasteiger partial charge on any atom is 0.114 e. The predicted molar refractivity (Wildman–Crippen MR) is 72.6 cm³/mol. The van der Waals surface area contributed by atoms with Crippen LogP contribution >= 0.6 is 0 Å². The molecule has 0 saturated carbocycles. The number of imidazole rings is 1. The van der Waals surface area contributed by atoms with E-state index in [0.29, 0.717) is 11.8 Å². The lowest BCUT2D eigenvalue weighted by Gasteiger charge is -2.16. The van der Waals surface area contributed by atoms with Crippen molar-refractivity contribution in [2.45, 2.75) is 32.7 Å². The minimum Gasteiger partial charge on any atom is -0.328 e. The minimum atomic E-state index is 0.531. The highest BCUT2D eigenvalue weighted by Crippen LogP contribution is 2.29. The Hall–Kier alpha value is -1.42. The summed E-state index contributed by atoms with van der Waals surface area (Å²) in [5.74, 6) is 2.42. The first-order chi connectivity index (χ1) is 8.81. The molecule has 2 atom stereocenters. The van der Waals surface area contributed by atoms with Gasteiger partial charge in [0.05, 0.1) is 11.7 Å². The molecule has 0 aliphatic carbocycles. The third-order valence-electron chi connectivity index (χ3n) is 3.88. The minimum absolute atomic E-state index is 0.531. The Bertz CT molecular complexity index is 546. The molecule has 3 rings (SSSR count). The zero-order valence-electron chi connectivity index (χ0n) is 11.1. The molecule has 1 N–H and O–H groups in total. The van der Waals surface area contributed by atoms with Crippen molar-refractivity contribution in [3.8, 4) is 0 Å². The smallest absolute Gasteiger partial charge is 0.114 e. The Balaban J connectivity index is 2.12. The molecule has 4 heteroatoms. The van der Waals surface area contributed by atoms with Gasteiger partial charge in [0, 0.05) is 25.2 Å². The van der Waals surface area contributed by atoms with E-state index >= 15 is 0 Å². The molecular weight excluding hydrogens is 224 g/mol. The van der Waals surface area contributed by atoms with Gasteiger partial charge in [-0.25, -0.2) is 4.98 Å². The molecule has 3 heterocycles. The number of hydrogen-bond acceptors (Lipinski definition) is 3. The lowest BCUT2D eigenvalue weighted by molar-refractivity contribution is 0.514. The van der Waals surface area contributed by atoms with Crippen molar-refractivity contribution in [3.05, 3.63) is 24.3 Å². The van der Waals surface area contributed by atoms with Crippen LogP contribution in [-0.4, -0.2) is 27.6 Å². The molecule has 4 nitrogen and oxygen atoms in total. The summed E-state index contributed by atoms with van der Waals surface area (Å²) >= 11 is 0. The molecule has 1 aliphatic rings. The van der Waals surface area contributed by atoms with Crippen molar-refractivity contribution in [3.63, 3.8) is 0 Å². The summed E-state index contributed by atoms with van der Waals surface area (Å²) in [5.41, 5.74) is 2.25. The topological polar surface area (TPSA) is 42.7 Å². The fraction of sp³-hybridized carbons (Fsp3) is 0.571. The predicted octanol–water partition coefficient (Wildman–Crippen LogP) is 2.16. The van der Waals surface area contributed by atoms with Crippen LogP contribution in [0.4, 0.5) is 0 Å². The van der Waals surface area contributed by atoms with Gasteiger partial charge in [-0.1, -0.05) is 13.8 Å². The second-order valence-corrected chi connectivity index (χ2v) is 5.23. The molecule has 0 spiro atoms. The molecule has 0 aromatic carbocycles. The Morgan fingerprint density at radius 1 is 1.44 bits per heavy atom. The van der Waals surface area contributed by atoms with E-state index in [1.54, 1.807) is 0 Å². The van der Waals surface area contributed by atoms with Gasteiger partial charge in [0.15, 0.2) is 0 Å². The largest absolute Gasteiger partial charge is 0.328 e. The van der Waals surface area contributed by atoms with Crippen LogP contribution in [0.25, 0.3) is 11.0 Å². The average molecular weight is 244 g/mol. The molecule has 1 saturated heterocycles. The second-order valence-electron chi connectivity index (χ2n) is 5.23. The van der Waals surface area contributed by atoms with E-state index in [1.807, 2.05) is 12.4 Å². The van der Waals surface area contributed by atoms with Gasteiger partial charge in [-0.3, -0.25) is 4.98 Å². The third-order valence-corrected chi connectivity index (χ3v) is 3.88. The zero-order valence-corrected chi connectivity index (χ0v) is 11.1. The summed E-state index contributed by atoms with van der Waals surface area (Å²) < 4.78 is 2.38. The van der Waals surface area contributed by atoms with Gasteiger partial charge in [0.2, 0.25) is 0 Å². The lowest BCUT2D eigenvalue weighted by Crippen LogP contribution is -2.15. The first-order valence-corrected chi connectivity index (χ1v) is 6.82. The Morgan fingerprint density at radius 2 is 2.33 bits per heavy atom. The normalized spacial score (nSPS) is 23.9. The molecule has 0 bridgehead atoms. The van der Waals surface area contributed by atoms with Crippen molar-refractivity contribution >= 4 is 11.0 Å². The summed E-state index contributed by atoms with van der Waals surface area (Å²) in [6.45, 7) is 7.70. The summed E-state index contributed by atoms with van der Waals surface area (Å²) in [6, 6.07) is 2.08. The number of nitrogens with zero attached hydrogens (tertiary/aromatic N) is 3. The van der Waals surface area contributed by atoms with E-state index in [1.165, 1.54) is 11.3 Å². The van der Waals surface area contributed by atoms with Crippen LogP contribution in [0.5, 0.6) is 0 Å². The van der Waals surface area contributed by atoms with Crippen LogP contribution in [0.1, 0.15) is 32.0 Å². The van der Waals surface area contributed by atoms with Gasteiger partial charge < -0.3 is 9.88 Å². The molecule has 2 unspecified atom stereocenters. The van der Waals surface area contributed by atoms with Gasteiger partial charge in [-0.15, -0.1) is 0 Å². The summed E-state index contributed by atoms with van der Waals surface area (Å²) in [7, 11) is 0. The molecule has 18 heavy (non-hydrogen) atoms. The first-order valence-electron chi connectivity index (χ1n) is 6.82. The fourth-order valence-corrected chi connectivity index (χ4v) is 2.90.